The van der Waals surface area contributed by atoms with E-state index in [1.165, 1.54) is 13.2 Å². The zero-order valence-electron chi connectivity index (χ0n) is 10.4. The second-order valence-corrected chi connectivity index (χ2v) is 3.97. The van der Waals surface area contributed by atoms with Crippen LogP contribution in [-0.4, -0.2) is 36.9 Å². The third-order valence-corrected chi connectivity index (χ3v) is 2.43. The molecule has 19 heavy (non-hydrogen) atoms. The van der Waals surface area contributed by atoms with Crippen molar-refractivity contribution in [1.82, 2.24) is 5.32 Å². The fourth-order valence-electron chi connectivity index (χ4n) is 1.40. The van der Waals surface area contributed by atoms with Gasteiger partial charge in [-0.25, -0.2) is 0 Å². The molecule has 0 aliphatic rings. The zero-order chi connectivity index (χ0) is 14.6. The number of hydrogen-bond donors (Lipinski definition) is 2. The molecule has 0 spiro atoms. The Hall–Kier alpha value is -1.76. The lowest BCUT2D eigenvalue weighted by atomic mass is 10.1. The number of benzene rings is 1. The molecule has 1 aromatic rings. The van der Waals surface area contributed by atoms with Crippen LogP contribution in [-0.2, 0) is 0 Å². The SMILES string of the molecule is COc1ccc(C)cc1C(=O)NCC(O)C(F)(F)F. The number of nitrogens with one attached hydrogen (secondary N) is 1. The van der Waals surface area contributed by atoms with Gasteiger partial charge >= 0.3 is 6.18 Å². The van der Waals surface area contributed by atoms with E-state index in [1.54, 1.807) is 19.1 Å². The number of hydrogen-bond acceptors (Lipinski definition) is 3. The van der Waals surface area contributed by atoms with Crippen LogP contribution in [0.15, 0.2) is 18.2 Å². The number of aliphatic hydroxyl groups excluding tert-OH is 1. The largest absolute Gasteiger partial charge is 0.496 e. The van der Waals surface area contributed by atoms with Gasteiger partial charge in [0.25, 0.3) is 5.91 Å². The molecule has 4 nitrogen and oxygen atoms in total. The second-order valence-electron chi connectivity index (χ2n) is 3.97. The molecule has 1 aromatic carbocycles. The molecule has 0 heterocycles. The van der Waals surface area contributed by atoms with Crippen LogP contribution in [0, 0.1) is 6.92 Å². The van der Waals surface area contributed by atoms with Crippen molar-refractivity contribution in [1.29, 1.82) is 0 Å². The normalized spacial score (nSPS) is 12.9. The first kappa shape index (κ1) is 15.3. The lowest BCUT2D eigenvalue weighted by molar-refractivity contribution is -0.201. The van der Waals surface area contributed by atoms with E-state index < -0.39 is 24.7 Å². The number of aryl methyl sites for hydroxylation is 1. The van der Waals surface area contributed by atoms with Crippen molar-refractivity contribution in [3.8, 4) is 5.75 Å². The standard InChI is InChI=1S/C12H14F3NO3/c1-7-3-4-9(19-2)8(5-7)11(18)16-6-10(17)12(13,14)15/h3-5,10,17H,6H2,1-2H3,(H,16,18). The van der Waals surface area contributed by atoms with E-state index in [2.05, 4.69) is 0 Å². The van der Waals surface area contributed by atoms with E-state index in [0.717, 1.165) is 5.56 Å². The molecule has 0 fully saturated rings. The van der Waals surface area contributed by atoms with Crippen LogP contribution >= 0.6 is 0 Å². The Bertz CT molecular complexity index is 460. The Kier molecular flexibility index (Phi) is 4.77. The molecular formula is C12H14F3NO3. The first-order valence-electron chi connectivity index (χ1n) is 5.43. The summed E-state index contributed by atoms with van der Waals surface area (Å²) in [6.07, 6.45) is -7.35. The fraction of sp³-hybridized carbons (Fsp3) is 0.417. The maximum atomic E-state index is 12.1. The molecule has 1 amide bonds. The van der Waals surface area contributed by atoms with Crippen LogP contribution in [0.2, 0.25) is 0 Å². The number of rotatable bonds is 4. The highest BCUT2D eigenvalue weighted by Gasteiger charge is 2.38. The average Bonchev–Trinajstić information content (AvgIpc) is 2.34. The van der Waals surface area contributed by atoms with Crippen molar-refractivity contribution in [2.24, 2.45) is 0 Å². The van der Waals surface area contributed by atoms with Gasteiger partial charge in [-0.1, -0.05) is 11.6 Å². The topological polar surface area (TPSA) is 58.6 Å². The summed E-state index contributed by atoms with van der Waals surface area (Å²) in [6.45, 7) is 0.834. The average molecular weight is 277 g/mol. The van der Waals surface area contributed by atoms with E-state index >= 15 is 0 Å². The number of alkyl halides is 3. The molecule has 0 radical (unpaired) electrons. The van der Waals surface area contributed by atoms with Gasteiger partial charge in [-0.2, -0.15) is 13.2 Å². The molecule has 106 valence electrons. The lowest BCUT2D eigenvalue weighted by Crippen LogP contribution is -2.40. The summed E-state index contributed by atoms with van der Waals surface area (Å²) in [6, 6.07) is 4.75. The van der Waals surface area contributed by atoms with Gasteiger partial charge in [-0.3, -0.25) is 4.79 Å². The summed E-state index contributed by atoms with van der Waals surface area (Å²) in [7, 11) is 1.35. The molecule has 1 unspecified atom stereocenters. The number of carbonyl (C=O) groups excluding carboxylic acids is 1. The van der Waals surface area contributed by atoms with Crippen LogP contribution in [0.4, 0.5) is 13.2 Å². The zero-order valence-corrected chi connectivity index (χ0v) is 10.4. The van der Waals surface area contributed by atoms with E-state index in [9.17, 15) is 18.0 Å². The van der Waals surface area contributed by atoms with Crippen LogP contribution in [0.1, 0.15) is 15.9 Å². The minimum atomic E-state index is -4.76. The molecule has 1 atom stereocenters. The van der Waals surface area contributed by atoms with Crippen LogP contribution < -0.4 is 10.1 Å². The molecule has 0 aromatic heterocycles. The minimum Gasteiger partial charge on any atom is -0.496 e. The van der Waals surface area contributed by atoms with Crippen molar-refractivity contribution in [3.05, 3.63) is 29.3 Å². The molecule has 0 aliphatic carbocycles. The number of amides is 1. The molecule has 0 saturated heterocycles. The van der Waals surface area contributed by atoms with Crippen molar-refractivity contribution >= 4 is 5.91 Å². The van der Waals surface area contributed by atoms with Gasteiger partial charge in [-0.05, 0) is 19.1 Å². The van der Waals surface area contributed by atoms with E-state index in [-0.39, 0.29) is 11.3 Å². The number of halogens is 3. The molecule has 0 aliphatic heterocycles. The maximum Gasteiger partial charge on any atom is 0.416 e. The number of aliphatic hydroxyl groups is 1. The Labute approximate surface area is 108 Å². The van der Waals surface area contributed by atoms with Gasteiger partial charge in [0.1, 0.15) is 5.75 Å². The molecule has 7 heteroatoms. The highest BCUT2D eigenvalue weighted by Crippen LogP contribution is 2.21. The second kappa shape index (κ2) is 5.92. The fourth-order valence-corrected chi connectivity index (χ4v) is 1.40. The lowest BCUT2D eigenvalue weighted by Gasteiger charge is -2.16. The Morgan fingerprint density at radius 2 is 2.11 bits per heavy atom. The van der Waals surface area contributed by atoms with E-state index in [1.807, 2.05) is 5.32 Å². The summed E-state index contributed by atoms with van der Waals surface area (Å²) in [5.74, 6) is -0.478. The Morgan fingerprint density at radius 3 is 2.63 bits per heavy atom. The van der Waals surface area contributed by atoms with Gasteiger partial charge in [0.2, 0.25) is 0 Å². The predicted octanol–water partition coefficient (Wildman–Crippen LogP) is 1.66. The highest BCUT2D eigenvalue weighted by atomic mass is 19.4. The summed E-state index contributed by atoms with van der Waals surface area (Å²) in [5.41, 5.74) is 0.888. The molecule has 0 saturated carbocycles. The summed E-state index contributed by atoms with van der Waals surface area (Å²) >= 11 is 0. The van der Waals surface area contributed by atoms with E-state index in [4.69, 9.17) is 9.84 Å². The van der Waals surface area contributed by atoms with Gasteiger partial charge in [-0.15, -0.1) is 0 Å². The molecular weight excluding hydrogens is 263 g/mol. The number of methoxy groups -OCH3 is 1. The van der Waals surface area contributed by atoms with Gasteiger partial charge in [0.15, 0.2) is 6.10 Å². The third-order valence-electron chi connectivity index (χ3n) is 2.43. The molecule has 1 rings (SSSR count). The summed E-state index contributed by atoms with van der Waals surface area (Å²) in [4.78, 5) is 11.7. The monoisotopic (exact) mass is 277 g/mol. The maximum absolute atomic E-state index is 12.1. The third kappa shape index (κ3) is 4.13. The van der Waals surface area contributed by atoms with Crippen molar-refractivity contribution < 1.29 is 27.8 Å². The summed E-state index contributed by atoms with van der Waals surface area (Å²) < 4.78 is 41.2. The molecule has 2 N–H and O–H groups in total. The Balaban J connectivity index is 2.76. The number of carbonyl (C=O) groups is 1. The van der Waals surface area contributed by atoms with Crippen molar-refractivity contribution in [3.63, 3.8) is 0 Å². The minimum absolute atomic E-state index is 0.122. The first-order valence-corrected chi connectivity index (χ1v) is 5.43. The smallest absolute Gasteiger partial charge is 0.416 e. The highest BCUT2D eigenvalue weighted by molar-refractivity contribution is 5.97. The van der Waals surface area contributed by atoms with Crippen LogP contribution in [0.25, 0.3) is 0 Å². The predicted molar refractivity (Wildman–Crippen MR) is 62.1 cm³/mol. The van der Waals surface area contributed by atoms with Gasteiger partial charge in [0, 0.05) is 0 Å². The van der Waals surface area contributed by atoms with Crippen molar-refractivity contribution in [2.75, 3.05) is 13.7 Å². The van der Waals surface area contributed by atoms with Crippen LogP contribution in [0.5, 0.6) is 5.75 Å². The van der Waals surface area contributed by atoms with Gasteiger partial charge < -0.3 is 15.2 Å². The van der Waals surface area contributed by atoms with Gasteiger partial charge in [0.05, 0.1) is 19.2 Å². The molecule has 0 bridgehead atoms. The van der Waals surface area contributed by atoms with E-state index in [0.29, 0.717) is 0 Å². The first-order chi connectivity index (χ1) is 8.75. The quantitative estimate of drug-likeness (QED) is 0.880. The van der Waals surface area contributed by atoms with Crippen LogP contribution in [0.3, 0.4) is 0 Å². The summed E-state index contributed by atoms with van der Waals surface area (Å²) in [5, 5.41) is 10.8. The van der Waals surface area contributed by atoms with Crippen molar-refractivity contribution in [2.45, 2.75) is 19.2 Å². The Morgan fingerprint density at radius 1 is 1.47 bits per heavy atom. The number of ether oxygens (including phenoxy) is 1.